The van der Waals surface area contributed by atoms with Gasteiger partial charge >= 0.3 is 11.9 Å². The van der Waals surface area contributed by atoms with Crippen molar-refractivity contribution in [1.82, 2.24) is 4.90 Å². The number of nitro groups is 1. The predicted octanol–water partition coefficient (Wildman–Crippen LogP) is 4.18. The lowest BCUT2D eigenvalue weighted by Gasteiger charge is -2.38. The molecule has 2 aromatic rings. The van der Waals surface area contributed by atoms with Crippen molar-refractivity contribution in [3.63, 3.8) is 0 Å². The van der Waals surface area contributed by atoms with Gasteiger partial charge in [0.15, 0.2) is 11.4 Å². The van der Waals surface area contributed by atoms with Crippen molar-refractivity contribution in [1.29, 1.82) is 0 Å². The lowest BCUT2D eigenvalue weighted by atomic mass is 10.0. The quantitative estimate of drug-likeness (QED) is 0.0848. The largest absolute Gasteiger partial charge is 0.462 e. The molecule has 2 aromatic carbocycles. The molecule has 1 heterocycles. The lowest BCUT2D eigenvalue weighted by molar-refractivity contribution is -0.384. The number of nitro benzene ring substituents is 1. The van der Waals surface area contributed by atoms with Crippen LogP contribution in [0, 0.1) is 15.9 Å². The van der Waals surface area contributed by atoms with E-state index in [-0.39, 0.29) is 42.8 Å². The van der Waals surface area contributed by atoms with E-state index in [1.807, 2.05) is 23.1 Å². The molecule has 1 saturated carbocycles. The monoisotopic (exact) mass is 584 g/mol. The zero-order valence-electron chi connectivity index (χ0n) is 24.2. The fraction of sp³-hybridized carbons (Fsp3) is 0.467. The summed E-state index contributed by atoms with van der Waals surface area (Å²) in [7, 11) is 1.43. The van der Waals surface area contributed by atoms with E-state index < -0.39 is 33.9 Å². The number of hydrogen-bond acceptors (Lipinski definition) is 10. The molecule has 12 heteroatoms. The number of halogens is 1. The van der Waals surface area contributed by atoms with Crippen LogP contribution in [0.3, 0.4) is 0 Å². The number of rotatable bonds is 13. The highest BCUT2D eigenvalue weighted by Crippen LogP contribution is 2.45. The molecule has 1 aliphatic heterocycles. The van der Waals surface area contributed by atoms with Gasteiger partial charge in [-0.15, -0.1) is 0 Å². The van der Waals surface area contributed by atoms with Crippen LogP contribution in [-0.4, -0.2) is 74.3 Å². The van der Waals surface area contributed by atoms with Crippen LogP contribution in [-0.2, 0) is 37.0 Å². The number of hydrogen-bond donors (Lipinski definition) is 0. The molecule has 4 rings (SSSR count). The maximum atomic E-state index is 15.8. The standard InChI is InChI=1S/C30H37FN4O7/c1-4-41-29(36)23(30(37)42-5-2)19-34(22-11-12-22)28-24(20-40-3)27(25(31)17-26(28)35(38)39)33-15-13-32(14-16-33)18-21-9-7-6-8-10-21/h6-10,17,19,22H,4-5,11-16,18,20H2,1-3H3. The number of carbonyl (C=O) groups excluding carboxylic acids is 2. The van der Waals surface area contributed by atoms with E-state index in [2.05, 4.69) is 17.0 Å². The summed E-state index contributed by atoms with van der Waals surface area (Å²) >= 11 is 0. The molecule has 0 bridgehead atoms. The summed E-state index contributed by atoms with van der Waals surface area (Å²) in [5.41, 5.74) is 0.866. The summed E-state index contributed by atoms with van der Waals surface area (Å²) in [6.07, 6.45) is 2.56. The van der Waals surface area contributed by atoms with Gasteiger partial charge in [-0.2, -0.15) is 0 Å². The second-order valence-corrected chi connectivity index (χ2v) is 10.1. The maximum absolute atomic E-state index is 15.8. The SMILES string of the molecule is CCOC(=O)C(=CN(c1c([N+](=O)[O-])cc(F)c(N2CCN(Cc3ccccc3)CC2)c1COC)C1CC1)C(=O)OCC. The van der Waals surface area contributed by atoms with E-state index in [9.17, 15) is 19.7 Å². The summed E-state index contributed by atoms with van der Waals surface area (Å²) in [5.74, 6) is -2.55. The zero-order chi connectivity index (χ0) is 30.2. The number of esters is 2. The van der Waals surface area contributed by atoms with Crippen LogP contribution in [0.15, 0.2) is 48.2 Å². The Hall–Kier alpha value is -4.03. The van der Waals surface area contributed by atoms with Crippen molar-refractivity contribution < 1.29 is 33.1 Å². The van der Waals surface area contributed by atoms with Crippen LogP contribution in [0.1, 0.15) is 37.8 Å². The van der Waals surface area contributed by atoms with Crippen LogP contribution >= 0.6 is 0 Å². The summed E-state index contributed by atoms with van der Waals surface area (Å²) < 4.78 is 31.4. The number of nitrogens with zero attached hydrogens (tertiary/aromatic N) is 4. The summed E-state index contributed by atoms with van der Waals surface area (Å²) in [4.78, 5) is 42.9. The Balaban J connectivity index is 1.77. The average molecular weight is 585 g/mol. The highest BCUT2D eigenvalue weighted by molar-refractivity contribution is 6.14. The molecule has 0 amide bonds. The molecule has 11 nitrogen and oxygen atoms in total. The molecule has 2 aliphatic rings. The Morgan fingerprint density at radius 2 is 1.69 bits per heavy atom. The zero-order valence-corrected chi connectivity index (χ0v) is 24.2. The Kier molecular flexibility index (Phi) is 10.5. The van der Waals surface area contributed by atoms with Gasteiger partial charge in [0, 0.05) is 57.6 Å². The van der Waals surface area contributed by atoms with Gasteiger partial charge in [0.1, 0.15) is 5.69 Å². The van der Waals surface area contributed by atoms with E-state index in [0.29, 0.717) is 39.0 Å². The van der Waals surface area contributed by atoms with Crippen molar-refractivity contribution >= 4 is 29.0 Å². The van der Waals surface area contributed by atoms with Crippen molar-refractivity contribution in [2.75, 3.05) is 56.3 Å². The summed E-state index contributed by atoms with van der Waals surface area (Å²) in [5, 5.41) is 12.3. The smallest absolute Gasteiger partial charge is 0.347 e. The summed E-state index contributed by atoms with van der Waals surface area (Å²) in [6.45, 7) is 6.19. The first kappa shape index (κ1) is 30.9. The highest BCUT2D eigenvalue weighted by Gasteiger charge is 2.39. The molecular formula is C30H37FN4O7. The van der Waals surface area contributed by atoms with E-state index in [1.54, 1.807) is 13.8 Å². The molecule has 1 aliphatic carbocycles. The first-order chi connectivity index (χ1) is 20.3. The van der Waals surface area contributed by atoms with E-state index in [0.717, 1.165) is 12.6 Å². The predicted molar refractivity (Wildman–Crippen MR) is 155 cm³/mol. The van der Waals surface area contributed by atoms with Crippen LogP contribution < -0.4 is 9.80 Å². The minimum absolute atomic E-state index is 0.0189. The summed E-state index contributed by atoms with van der Waals surface area (Å²) in [6, 6.07) is 10.7. The number of benzene rings is 2. The van der Waals surface area contributed by atoms with Gasteiger partial charge < -0.3 is 24.0 Å². The Labute approximate surface area is 244 Å². The molecule has 42 heavy (non-hydrogen) atoms. The molecule has 0 atom stereocenters. The first-order valence-corrected chi connectivity index (χ1v) is 14.1. The molecule has 0 spiro atoms. The van der Waals surface area contributed by atoms with Crippen molar-refractivity contribution in [3.8, 4) is 0 Å². The van der Waals surface area contributed by atoms with Crippen LogP contribution in [0.4, 0.5) is 21.5 Å². The van der Waals surface area contributed by atoms with Crippen molar-refractivity contribution in [3.05, 3.63) is 75.2 Å². The minimum Gasteiger partial charge on any atom is -0.462 e. The van der Waals surface area contributed by atoms with Gasteiger partial charge in [0.2, 0.25) is 0 Å². The third-order valence-corrected chi connectivity index (χ3v) is 7.18. The molecule has 0 N–H and O–H groups in total. The molecule has 2 fully saturated rings. The Morgan fingerprint density at radius 1 is 1.07 bits per heavy atom. The number of piperazine rings is 1. The molecular weight excluding hydrogens is 547 g/mol. The minimum atomic E-state index is -0.908. The number of anilines is 2. The van der Waals surface area contributed by atoms with Crippen LogP contribution in [0.5, 0.6) is 0 Å². The molecule has 226 valence electrons. The third kappa shape index (κ3) is 7.24. The maximum Gasteiger partial charge on any atom is 0.347 e. The fourth-order valence-corrected chi connectivity index (χ4v) is 5.14. The van der Waals surface area contributed by atoms with Crippen molar-refractivity contribution in [2.45, 2.75) is 45.9 Å². The number of methoxy groups -OCH3 is 1. The second kappa shape index (κ2) is 14.2. The Bertz CT molecular complexity index is 1290. The number of ether oxygens (including phenoxy) is 3. The van der Waals surface area contributed by atoms with E-state index >= 15 is 4.39 Å². The van der Waals surface area contributed by atoms with E-state index in [4.69, 9.17) is 14.2 Å². The topological polar surface area (TPSA) is 115 Å². The van der Waals surface area contributed by atoms with Crippen LogP contribution in [0.25, 0.3) is 0 Å². The van der Waals surface area contributed by atoms with Crippen molar-refractivity contribution in [2.24, 2.45) is 0 Å². The van der Waals surface area contributed by atoms with Gasteiger partial charge in [-0.1, -0.05) is 30.3 Å². The molecule has 0 unspecified atom stereocenters. The number of carbonyl (C=O) groups is 2. The first-order valence-electron chi connectivity index (χ1n) is 14.1. The van der Waals surface area contributed by atoms with Gasteiger partial charge in [0.05, 0.1) is 36.5 Å². The molecule has 0 aromatic heterocycles. The van der Waals surface area contributed by atoms with Gasteiger partial charge in [0.25, 0.3) is 5.69 Å². The molecule has 1 saturated heterocycles. The fourth-order valence-electron chi connectivity index (χ4n) is 5.14. The third-order valence-electron chi connectivity index (χ3n) is 7.18. The normalized spacial score (nSPS) is 15.2. The lowest BCUT2D eigenvalue weighted by Crippen LogP contribution is -2.46. The van der Waals surface area contributed by atoms with E-state index in [1.165, 1.54) is 23.8 Å². The van der Waals surface area contributed by atoms with Gasteiger partial charge in [-0.05, 0) is 32.3 Å². The second-order valence-electron chi connectivity index (χ2n) is 10.1. The van der Waals surface area contributed by atoms with Gasteiger partial charge in [-0.25, -0.2) is 14.0 Å². The van der Waals surface area contributed by atoms with Crippen LogP contribution in [0.2, 0.25) is 0 Å². The highest BCUT2D eigenvalue weighted by atomic mass is 19.1. The van der Waals surface area contributed by atoms with Gasteiger partial charge in [-0.3, -0.25) is 15.0 Å². The Morgan fingerprint density at radius 3 is 2.21 bits per heavy atom. The average Bonchev–Trinajstić information content (AvgIpc) is 3.81. The molecule has 0 radical (unpaired) electrons.